The first-order valence-electron chi connectivity index (χ1n) is 5.81. The standard InChI is InChI=1S/C12H16ClN3O/c1-8-4-6-15-11(13)10(8)16-12(17)9-3-2-5-14-7-9/h4,6,9,14H,2-3,5,7H2,1H3,(H,16,17)/t9-/m0/s1. The predicted molar refractivity (Wildman–Crippen MR) is 68.2 cm³/mol. The number of nitrogens with zero attached hydrogens (tertiary/aromatic N) is 1. The Morgan fingerprint density at radius 3 is 3.12 bits per heavy atom. The number of carbonyl (C=O) groups is 1. The van der Waals surface area contributed by atoms with Crippen molar-refractivity contribution in [3.8, 4) is 0 Å². The van der Waals surface area contributed by atoms with Crippen molar-refractivity contribution in [3.63, 3.8) is 0 Å². The van der Waals surface area contributed by atoms with Gasteiger partial charge < -0.3 is 10.6 Å². The molecule has 2 heterocycles. The minimum Gasteiger partial charge on any atom is -0.323 e. The van der Waals surface area contributed by atoms with Crippen molar-refractivity contribution >= 4 is 23.2 Å². The molecule has 1 amide bonds. The summed E-state index contributed by atoms with van der Waals surface area (Å²) in [6.07, 6.45) is 3.60. The molecule has 4 nitrogen and oxygen atoms in total. The Kier molecular flexibility index (Phi) is 3.97. The molecule has 92 valence electrons. The third-order valence-electron chi connectivity index (χ3n) is 3.03. The second-order valence-corrected chi connectivity index (χ2v) is 4.68. The molecule has 1 saturated heterocycles. The summed E-state index contributed by atoms with van der Waals surface area (Å²) >= 11 is 5.97. The Bertz CT molecular complexity index is 396. The molecule has 0 unspecified atom stereocenters. The topological polar surface area (TPSA) is 54.0 Å². The molecule has 0 spiro atoms. The summed E-state index contributed by atoms with van der Waals surface area (Å²) in [4.78, 5) is 16.0. The van der Waals surface area contributed by atoms with Gasteiger partial charge in [-0.2, -0.15) is 0 Å². The van der Waals surface area contributed by atoms with Gasteiger partial charge in [-0.15, -0.1) is 0 Å². The van der Waals surface area contributed by atoms with Crippen LogP contribution in [0.1, 0.15) is 18.4 Å². The molecule has 2 rings (SSSR count). The van der Waals surface area contributed by atoms with Crippen molar-refractivity contribution in [2.45, 2.75) is 19.8 Å². The van der Waals surface area contributed by atoms with E-state index in [0.29, 0.717) is 10.8 Å². The Morgan fingerprint density at radius 2 is 2.47 bits per heavy atom. The van der Waals surface area contributed by atoms with E-state index >= 15 is 0 Å². The molecule has 2 N–H and O–H groups in total. The van der Waals surface area contributed by atoms with Crippen LogP contribution < -0.4 is 10.6 Å². The number of carbonyl (C=O) groups excluding carboxylic acids is 1. The van der Waals surface area contributed by atoms with Gasteiger partial charge in [-0.25, -0.2) is 4.98 Å². The third-order valence-corrected chi connectivity index (χ3v) is 3.32. The zero-order valence-electron chi connectivity index (χ0n) is 9.79. The van der Waals surface area contributed by atoms with Gasteiger partial charge in [0.05, 0.1) is 11.6 Å². The van der Waals surface area contributed by atoms with E-state index in [1.165, 1.54) is 0 Å². The van der Waals surface area contributed by atoms with E-state index < -0.39 is 0 Å². The monoisotopic (exact) mass is 253 g/mol. The Balaban J connectivity index is 2.07. The van der Waals surface area contributed by atoms with Crippen molar-refractivity contribution in [2.75, 3.05) is 18.4 Å². The molecule has 1 aromatic heterocycles. The summed E-state index contributed by atoms with van der Waals surface area (Å²) in [5.41, 5.74) is 1.56. The maximum atomic E-state index is 12.0. The Labute approximate surface area is 106 Å². The lowest BCUT2D eigenvalue weighted by Crippen LogP contribution is -2.37. The molecule has 0 radical (unpaired) electrons. The highest BCUT2D eigenvalue weighted by molar-refractivity contribution is 6.32. The van der Waals surface area contributed by atoms with Gasteiger partial charge >= 0.3 is 0 Å². The van der Waals surface area contributed by atoms with E-state index in [2.05, 4.69) is 15.6 Å². The average molecular weight is 254 g/mol. The largest absolute Gasteiger partial charge is 0.323 e. The number of piperidine rings is 1. The molecule has 0 bridgehead atoms. The number of halogens is 1. The molecule has 1 atom stereocenters. The van der Waals surface area contributed by atoms with Crippen molar-refractivity contribution < 1.29 is 4.79 Å². The summed E-state index contributed by atoms with van der Waals surface area (Å²) < 4.78 is 0. The lowest BCUT2D eigenvalue weighted by Gasteiger charge is -2.22. The van der Waals surface area contributed by atoms with Gasteiger partial charge in [-0.3, -0.25) is 4.79 Å². The van der Waals surface area contributed by atoms with E-state index in [1.54, 1.807) is 6.20 Å². The molecule has 0 aromatic carbocycles. The number of aromatic nitrogens is 1. The first kappa shape index (κ1) is 12.3. The maximum absolute atomic E-state index is 12.0. The highest BCUT2D eigenvalue weighted by Crippen LogP contribution is 2.24. The summed E-state index contributed by atoms with van der Waals surface area (Å²) in [7, 11) is 0. The molecule has 1 aliphatic heterocycles. The van der Waals surface area contributed by atoms with Gasteiger partial charge in [-0.1, -0.05) is 11.6 Å². The highest BCUT2D eigenvalue weighted by Gasteiger charge is 2.22. The fourth-order valence-corrected chi connectivity index (χ4v) is 2.23. The van der Waals surface area contributed by atoms with Gasteiger partial charge in [-0.05, 0) is 37.9 Å². The van der Waals surface area contributed by atoms with Crippen LogP contribution in [-0.2, 0) is 4.79 Å². The van der Waals surface area contributed by atoms with Crippen LogP contribution in [0, 0.1) is 12.8 Å². The Hall–Kier alpha value is -1.13. The minimum absolute atomic E-state index is 0.0233. The van der Waals surface area contributed by atoms with Crippen LogP contribution in [0.3, 0.4) is 0 Å². The number of amides is 1. The lowest BCUT2D eigenvalue weighted by molar-refractivity contribution is -0.120. The fraction of sp³-hybridized carbons (Fsp3) is 0.500. The van der Waals surface area contributed by atoms with E-state index in [0.717, 1.165) is 31.5 Å². The Morgan fingerprint density at radius 1 is 1.65 bits per heavy atom. The SMILES string of the molecule is Cc1ccnc(Cl)c1NC(=O)[C@H]1CCCNC1. The van der Waals surface area contributed by atoms with Gasteiger partial charge in [0.25, 0.3) is 0 Å². The van der Waals surface area contributed by atoms with Crippen molar-refractivity contribution in [3.05, 3.63) is 23.0 Å². The number of anilines is 1. The number of pyridine rings is 1. The molecule has 1 aliphatic rings. The molecule has 17 heavy (non-hydrogen) atoms. The van der Waals surface area contributed by atoms with E-state index in [9.17, 15) is 4.79 Å². The van der Waals surface area contributed by atoms with Crippen molar-refractivity contribution in [1.82, 2.24) is 10.3 Å². The number of rotatable bonds is 2. The van der Waals surface area contributed by atoms with E-state index in [4.69, 9.17) is 11.6 Å². The van der Waals surface area contributed by atoms with Gasteiger partial charge in [0.15, 0.2) is 5.15 Å². The smallest absolute Gasteiger partial charge is 0.228 e. The number of hydrogen-bond donors (Lipinski definition) is 2. The van der Waals surface area contributed by atoms with Crippen LogP contribution >= 0.6 is 11.6 Å². The number of aryl methyl sites for hydroxylation is 1. The molecule has 1 aromatic rings. The molecular weight excluding hydrogens is 238 g/mol. The fourth-order valence-electron chi connectivity index (χ4n) is 1.98. The predicted octanol–water partition coefficient (Wildman–Crippen LogP) is 1.98. The van der Waals surface area contributed by atoms with Gasteiger partial charge in [0, 0.05) is 12.7 Å². The number of hydrogen-bond acceptors (Lipinski definition) is 3. The quantitative estimate of drug-likeness (QED) is 0.793. The van der Waals surface area contributed by atoms with Crippen molar-refractivity contribution in [2.24, 2.45) is 5.92 Å². The number of nitrogens with one attached hydrogen (secondary N) is 2. The first-order valence-corrected chi connectivity index (χ1v) is 6.19. The minimum atomic E-state index is 0.0233. The van der Waals surface area contributed by atoms with Crippen LogP contribution in [0.25, 0.3) is 0 Å². The molecule has 0 aliphatic carbocycles. The molecule has 1 fully saturated rings. The maximum Gasteiger partial charge on any atom is 0.228 e. The molecule has 0 saturated carbocycles. The van der Waals surface area contributed by atoms with Crippen LogP contribution in [0.4, 0.5) is 5.69 Å². The van der Waals surface area contributed by atoms with Crippen molar-refractivity contribution in [1.29, 1.82) is 0 Å². The van der Waals surface area contributed by atoms with Crippen LogP contribution in [0.15, 0.2) is 12.3 Å². The van der Waals surface area contributed by atoms with Crippen LogP contribution in [-0.4, -0.2) is 24.0 Å². The summed E-state index contributed by atoms with van der Waals surface area (Å²) in [6, 6.07) is 1.83. The van der Waals surface area contributed by atoms with Crippen LogP contribution in [0.5, 0.6) is 0 Å². The van der Waals surface area contributed by atoms with E-state index in [-0.39, 0.29) is 11.8 Å². The zero-order valence-corrected chi connectivity index (χ0v) is 10.5. The first-order chi connectivity index (χ1) is 8.18. The normalized spacial score (nSPS) is 20.0. The van der Waals surface area contributed by atoms with Crippen LogP contribution in [0.2, 0.25) is 5.15 Å². The van der Waals surface area contributed by atoms with Gasteiger partial charge in [0.2, 0.25) is 5.91 Å². The summed E-state index contributed by atoms with van der Waals surface area (Å²) in [6.45, 7) is 3.64. The summed E-state index contributed by atoms with van der Waals surface area (Å²) in [5, 5.41) is 6.45. The summed E-state index contributed by atoms with van der Waals surface area (Å²) in [5.74, 6) is 0.0506. The average Bonchev–Trinajstić information content (AvgIpc) is 2.35. The lowest BCUT2D eigenvalue weighted by atomic mass is 9.99. The second kappa shape index (κ2) is 5.47. The van der Waals surface area contributed by atoms with E-state index in [1.807, 2.05) is 13.0 Å². The molecular formula is C12H16ClN3O. The second-order valence-electron chi connectivity index (χ2n) is 4.33. The van der Waals surface area contributed by atoms with Gasteiger partial charge in [0.1, 0.15) is 0 Å². The third kappa shape index (κ3) is 2.96. The molecule has 5 heteroatoms. The zero-order chi connectivity index (χ0) is 12.3. The highest BCUT2D eigenvalue weighted by atomic mass is 35.5.